The normalized spacial score (nSPS) is 12.6. The molecule has 0 rings (SSSR count). The fourth-order valence-electron chi connectivity index (χ4n) is 0.589. The van der Waals surface area contributed by atoms with Crippen LogP contribution in [-0.2, 0) is 0 Å². The summed E-state index contributed by atoms with van der Waals surface area (Å²) in [6.07, 6.45) is 0. The van der Waals surface area contributed by atoms with Crippen molar-refractivity contribution in [1.29, 1.82) is 0 Å². The van der Waals surface area contributed by atoms with Crippen LogP contribution in [0.4, 0.5) is 0 Å². The molecule has 4 nitrogen and oxygen atoms in total. The van der Waals surface area contributed by atoms with Gasteiger partial charge in [0.1, 0.15) is 0 Å². The number of nitroso groups, excluding NO2 is 2. The molecule has 0 aromatic carbocycles. The molecule has 0 aromatic heterocycles. The Balaban J connectivity index is 4.02. The maximum Gasteiger partial charge on any atom is 0.0960 e. The summed E-state index contributed by atoms with van der Waals surface area (Å²) < 4.78 is -0.376. The van der Waals surface area contributed by atoms with E-state index in [1.165, 1.54) is 0 Å². The van der Waals surface area contributed by atoms with Crippen LogP contribution in [0.15, 0.2) is 10.4 Å². The zero-order valence-electron chi connectivity index (χ0n) is 8.94. The van der Waals surface area contributed by atoms with Gasteiger partial charge in [0, 0.05) is 9.49 Å². The number of hydrogen-bond acceptors (Lipinski definition) is 6. The van der Waals surface area contributed by atoms with Crippen LogP contribution in [0.2, 0.25) is 0 Å². The Bertz CT molecular complexity index is 186. The molecule has 0 radical (unpaired) electrons. The molecule has 0 heterocycles. The minimum absolute atomic E-state index is 0.188. The van der Waals surface area contributed by atoms with E-state index in [-0.39, 0.29) is 22.6 Å². The van der Waals surface area contributed by atoms with Gasteiger partial charge in [0.25, 0.3) is 0 Å². The molecule has 0 saturated heterocycles. The van der Waals surface area contributed by atoms with Crippen LogP contribution in [0, 0.1) is 9.81 Å². The number of nitrogens with zero attached hydrogens (tertiary/aromatic N) is 2. The predicted octanol–water partition coefficient (Wildman–Crippen LogP) is 3.46. The Morgan fingerprint density at radius 3 is 1.36 bits per heavy atom. The van der Waals surface area contributed by atoms with Crippen molar-refractivity contribution >= 4 is 21.6 Å². The molecule has 0 spiro atoms. The predicted molar refractivity (Wildman–Crippen MR) is 64.7 cm³/mol. The standard InChI is InChI=1S/C8H16N2O2S2/c1-7(2,5-9-11)13-14-8(3,4)6-10-12/h5-6H2,1-4H3. The SMILES string of the molecule is CC(C)(CN=O)SSC(C)(C)CN=O. The molecule has 0 bridgehead atoms. The third-order valence-electron chi connectivity index (χ3n) is 1.38. The summed E-state index contributed by atoms with van der Waals surface area (Å²) >= 11 is 0. The van der Waals surface area contributed by atoms with E-state index < -0.39 is 0 Å². The number of rotatable bonds is 7. The average Bonchev–Trinajstić information content (AvgIpc) is 2.01. The molecular formula is C8H16N2O2S2. The van der Waals surface area contributed by atoms with Crippen LogP contribution >= 0.6 is 21.6 Å². The molecule has 82 valence electrons. The maximum atomic E-state index is 10.1. The highest BCUT2D eigenvalue weighted by molar-refractivity contribution is 8.77. The highest BCUT2D eigenvalue weighted by Gasteiger charge is 2.26. The Hall–Kier alpha value is -0.100. The highest BCUT2D eigenvalue weighted by atomic mass is 33.1. The van der Waals surface area contributed by atoms with Gasteiger partial charge in [-0.3, -0.25) is 0 Å². The largest absolute Gasteiger partial charge is 0.151 e. The van der Waals surface area contributed by atoms with Crippen LogP contribution in [-0.4, -0.2) is 22.6 Å². The second kappa shape index (κ2) is 5.70. The van der Waals surface area contributed by atoms with Crippen molar-refractivity contribution in [3.8, 4) is 0 Å². The molecule has 0 atom stereocenters. The number of hydrogen-bond donors (Lipinski definition) is 0. The van der Waals surface area contributed by atoms with Gasteiger partial charge in [-0.1, -0.05) is 31.9 Å². The van der Waals surface area contributed by atoms with Gasteiger partial charge in [-0.05, 0) is 27.7 Å². The van der Waals surface area contributed by atoms with E-state index >= 15 is 0 Å². The lowest BCUT2D eigenvalue weighted by atomic mass is 10.2. The van der Waals surface area contributed by atoms with Gasteiger partial charge in [-0.2, -0.15) is 9.81 Å². The first-order valence-electron chi connectivity index (χ1n) is 4.28. The van der Waals surface area contributed by atoms with E-state index in [2.05, 4.69) is 10.4 Å². The second-order valence-corrected chi connectivity index (χ2v) is 7.80. The monoisotopic (exact) mass is 236 g/mol. The van der Waals surface area contributed by atoms with Crippen LogP contribution in [0.1, 0.15) is 27.7 Å². The summed E-state index contributed by atoms with van der Waals surface area (Å²) in [5.41, 5.74) is 0. The topological polar surface area (TPSA) is 58.9 Å². The zero-order valence-corrected chi connectivity index (χ0v) is 10.6. The highest BCUT2D eigenvalue weighted by Crippen LogP contribution is 2.43. The van der Waals surface area contributed by atoms with E-state index in [9.17, 15) is 9.81 Å². The first-order valence-corrected chi connectivity index (χ1v) is 6.43. The van der Waals surface area contributed by atoms with Gasteiger partial charge in [-0.25, -0.2) is 0 Å². The summed E-state index contributed by atoms with van der Waals surface area (Å²) in [6, 6.07) is 0. The van der Waals surface area contributed by atoms with Crippen LogP contribution in [0.5, 0.6) is 0 Å². The van der Waals surface area contributed by atoms with E-state index in [1.54, 1.807) is 21.6 Å². The first kappa shape index (κ1) is 13.9. The lowest BCUT2D eigenvalue weighted by molar-refractivity contribution is 0.718. The molecule has 0 aliphatic rings. The molecule has 14 heavy (non-hydrogen) atoms. The molecule has 0 unspecified atom stereocenters. The van der Waals surface area contributed by atoms with E-state index in [1.807, 2.05) is 27.7 Å². The molecule has 0 aromatic rings. The molecule has 0 N–H and O–H groups in total. The Kier molecular flexibility index (Phi) is 5.66. The minimum atomic E-state index is -0.188. The van der Waals surface area contributed by atoms with Crippen molar-refractivity contribution in [2.45, 2.75) is 37.2 Å². The summed E-state index contributed by atoms with van der Waals surface area (Å²) in [7, 11) is 3.15. The van der Waals surface area contributed by atoms with Crippen LogP contribution in [0.3, 0.4) is 0 Å². The lowest BCUT2D eigenvalue weighted by Gasteiger charge is -2.26. The third kappa shape index (κ3) is 6.37. The van der Waals surface area contributed by atoms with Gasteiger partial charge in [0.2, 0.25) is 0 Å². The molecule has 0 saturated carbocycles. The maximum absolute atomic E-state index is 10.1. The fraction of sp³-hybridized carbons (Fsp3) is 1.00. The van der Waals surface area contributed by atoms with Gasteiger partial charge in [0.05, 0.1) is 13.1 Å². The fourth-order valence-corrected chi connectivity index (χ4v) is 2.92. The minimum Gasteiger partial charge on any atom is -0.151 e. The first-order chi connectivity index (χ1) is 6.33. The summed E-state index contributed by atoms with van der Waals surface area (Å²) in [5.74, 6) is 0. The molecule has 0 amide bonds. The smallest absolute Gasteiger partial charge is 0.0960 e. The Morgan fingerprint density at radius 2 is 1.14 bits per heavy atom. The van der Waals surface area contributed by atoms with Crippen molar-refractivity contribution in [1.82, 2.24) is 0 Å². The van der Waals surface area contributed by atoms with Crippen LogP contribution < -0.4 is 0 Å². The molecule has 6 heteroatoms. The van der Waals surface area contributed by atoms with Crippen LogP contribution in [0.25, 0.3) is 0 Å². The second-order valence-electron chi connectivity index (χ2n) is 4.26. The van der Waals surface area contributed by atoms with E-state index in [0.717, 1.165) is 0 Å². The van der Waals surface area contributed by atoms with E-state index in [4.69, 9.17) is 0 Å². The van der Waals surface area contributed by atoms with Gasteiger partial charge in [0.15, 0.2) is 0 Å². The van der Waals surface area contributed by atoms with Gasteiger partial charge in [-0.15, -0.1) is 0 Å². The Labute approximate surface area is 92.3 Å². The summed E-state index contributed by atoms with van der Waals surface area (Å²) in [5, 5.41) is 5.77. The molecule has 0 aliphatic carbocycles. The van der Waals surface area contributed by atoms with Crippen molar-refractivity contribution in [3.63, 3.8) is 0 Å². The lowest BCUT2D eigenvalue weighted by Crippen LogP contribution is -2.22. The van der Waals surface area contributed by atoms with E-state index in [0.29, 0.717) is 0 Å². The summed E-state index contributed by atoms with van der Waals surface area (Å²) in [4.78, 5) is 20.3. The van der Waals surface area contributed by atoms with Crippen molar-refractivity contribution in [3.05, 3.63) is 9.81 Å². The summed E-state index contributed by atoms with van der Waals surface area (Å²) in [6.45, 7) is 8.37. The third-order valence-corrected chi connectivity index (χ3v) is 5.58. The quantitative estimate of drug-likeness (QED) is 0.501. The average molecular weight is 236 g/mol. The zero-order chi connectivity index (χ0) is 11.2. The van der Waals surface area contributed by atoms with Crippen molar-refractivity contribution < 1.29 is 0 Å². The molecular weight excluding hydrogens is 220 g/mol. The van der Waals surface area contributed by atoms with Crippen molar-refractivity contribution in [2.75, 3.05) is 13.1 Å². The van der Waals surface area contributed by atoms with Crippen molar-refractivity contribution in [2.24, 2.45) is 10.4 Å². The van der Waals surface area contributed by atoms with Gasteiger partial charge >= 0.3 is 0 Å². The molecule has 0 fully saturated rings. The van der Waals surface area contributed by atoms with Gasteiger partial charge < -0.3 is 0 Å². The molecule has 0 aliphatic heterocycles. The Morgan fingerprint density at radius 1 is 0.857 bits per heavy atom.